The number of fused-ring (bicyclic) bond motifs is 1. The van der Waals surface area contributed by atoms with Gasteiger partial charge in [-0.2, -0.15) is 0 Å². The van der Waals surface area contributed by atoms with E-state index >= 15 is 0 Å². The predicted octanol–water partition coefficient (Wildman–Crippen LogP) is 1.24. The molecule has 1 aliphatic rings. The number of hydrogen-bond acceptors (Lipinski definition) is 6. The van der Waals surface area contributed by atoms with Gasteiger partial charge in [0.1, 0.15) is 0 Å². The Kier molecular flexibility index (Phi) is 5.94. The highest BCUT2D eigenvalue weighted by Gasteiger charge is 2.27. The number of nitrogens with two attached hydrogens (primary N) is 1. The monoisotopic (exact) mass is 391 g/mol. The van der Waals surface area contributed by atoms with Crippen LogP contribution in [-0.4, -0.2) is 45.2 Å². The van der Waals surface area contributed by atoms with Crippen LogP contribution in [0.25, 0.3) is 10.9 Å². The number of pyridine rings is 1. The fourth-order valence-electron chi connectivity index (χ4n) is 4.20. The second kappa shape index (κ2) is 8.61. The minimum atomic E-state index is -1.55. The number of hydrogen-bond donors (Lipinski definition) is 4. The average molecular weight is 391 g/mol. The van der Waals surface area contributed by atoms with Crippen LogP contribution < -0.4 is 11.2 Å². The summed E-state index contributed by atoms with van der Waals surface area (Å²) in [5.74, 6) is 0.475. The molecule has 5 N–H and O–H groups in total. The minimum absolute atomic E-state index is 0.413. The summed E-state index contributed by atoms with van der Waals surface area (Å²) in [6, 6.07) is 17.2. The zero-order valence-electron chi connectivity index (χ0n) is 16.3. The zero-order chi connectivity index (χ0) is 20.4. The molecule has 29 heavy (non-hydrogen) atoms. The highest BCUT2D eigenvalue weighted by molar-refractivity contribution is 6.61. The van der Waals surface area contributed by atoms with Crippen molar-refractivity contribution in [1.82, 2.24) is 9.88 Å². The Bertz CT molecular complexity index is 990. The minimum Gasteiger partial charge on any atom is -0.423 e. The maximum absolute atomic E-state index is 10.9. The number of nitrogens with zero attached hydrogens (tertiary/aromatic N) is 2. The number of aliphatic hydroxyl groups excluding tert-OH is 1. The molecule has 7 heteroatoms. The summed E-state index contributed by atoms with van der Waals surface area (Å²) in [6.07, 6.45) is 1.16. The van der Waals surface area contributed by atoms with Crippen LogP contribution in [0.2, 0.25) is 0 Å². The molecule has 150 valence electrons. The van der Waals surface area contributed by atoms with E-state index in [9.17, 15) is 15.2 Å². The molecule has 0 saturated carbocycles. The second-order valence-electron chi connectivity index (χ2n) is 7.66. The number of likely N-dealkylation sites (tertiary alicyclic amines) is 1. The van der Waals surface area contributed by atoms with Crippen LogP contribution in [0.1, 0.15) is 41.8 Å². The van der Waals surface area contributed by atoms with Gasteiger partial charge < -0.3 is 20.9 Å². The molecule has 0 aliphatic carbocycles. The molecule has 0 spiro atoms. The third-order valence-electron chi connectivity index (χ3n) is 5.86. The molecule has 0 bridgehead atoms. The number of rotatable bonds is 5. The highest BCUT2D eigenvalue weighted by Crippen LogP contribution is 2.31. The van der Waals surface area contributed by atoms with Gasteiger partial charge in [-0.05, 0) is 52.9 Å². The van der Waals surface area contributed by atoms with Crippen molar-refractivity contribution < 1.29 is 15.2 Å². The van der Waals surface area contributed by atoms with Crippen LogP contribution in [0.15, 0.2) is 54.6 Å². The Morgan fingerprint density at radius 1 is 1.07 bits per heavy atom. The number of aromatic nitrogens is 1. The van der Waals surface area contributed by atoms with Crippen LogP contribution in [0.4, 0.5) is 0 Å². The highest BCUT2D eigenvalue weighted by atomic mass is 16.4. The molecule has 0 amide bonds. The number of benzene rings is 2. The van der Waals surface area contributed by atoms with Gasteiger partial charge in [0.25, 0.3) is 0 Å². The fourth-order valence-corrected chi connectivity index (χ4v) is 4.20. The van der Waals surface area contributed by atoms with Gasteiger partial charge in [-0.15, -0.1) is 0 Å². The van der Waals surface area contributed by atoms with Crippen LogP contribution in [0.3, 0.4) is 0 Å². The molecule has 6 nitrogen and oxygen atoms in total. The van der Waals surface area contributed by atoms with Crippen molar-refractivity contribution in [2.45, 2.75) is 31.5 Å². The standard InChI is InChI=1S/C22H26BN3O3/c24-14-15-3-1-4-17(13-15)16-9-11-26(12-10-16)22(27)21-8-7-18-19(23(28)29)5-2-6-20(18)25-21/h1-8,13,16,22,27-29H,9-12,14,24H2. The van der Waals surface area contributed by atoms with Crippen LogP contribution in [-0.2, 0) is 6.54 Å². The normalized spacial score (nSPS) is 16.8. The molecule has 2 heterocycles. The van der Waals surface area contributed by atoms with Gasteiger partial charge >= 0.3 is 7.12 Å². The maximum Gasteiger partial charge on any atom is 0.489 e. The number of aliphatic hydroxyl groups is 1. The summed E-state index contributed by atoms with van der Waals surface area (Å²) in [5.41, 5.74) is 9.86. The van der Waals surface area contributed by atoms with E-state index in [1.807, 2.05) is 11.0 Å². The van der Waals surface area contributed by atoms with E-state index in [1.165, 1.54) is 5.56 Å². The Hall–Kier alpha value is -2.29. The van der Waals surface area contributed by atoms with E-state index in [0.29, 0.717) is 34.5 Å². The second-order valence-corrected chi connectivity index (χ2v) is 7.66. The van der Waals surface area contributed by atoms with E-state index < -0.39 is 13.3 Å². The lowest BCUT2D eigenvalue weighted by atomic mass is 9.78. The molecular formula is C22H26BN3O3. The molecule has 0 radical (unpaired) electrons. The Morgan fingerprint density at radius 2 is 1.83 bits per heavy atom. The van der Waals surface area contributed by atoms with E-state index in [2.05, 4.69) is 29.2 Å². The molecule has 2 aromatic carbocycles. The fraction of sp³-hybridized carbons (Fsp3) is 0.318. The molecule has 3 aromatic rings. The smallest absolute Gasteiger partial charge is 0.423 e. The van der Waals surface area contributed by atoms with Crippen molar-refractivity contribution in [3.63, 3.8) is 0 Å². The average Bonchev–Trinajstić information content (AvgIpc) is 2.77. The SMILES string of the molecule is NCc1cccc(C2CCN(C(O)c3ccc4c(B(O)O)cccc4n3)CC2)c1. The molecular weight excluding hydrogens is 365 g/mol. The topological polar surface area (TPSA) is 103 Å². The van der Waals surface area contributed by atoms with E-state index in [0.717, 1.165) is 31.5 Å². The van der Waals surface area contributed by atoms with Crippen molar-refractivity contribution in [3.8, 4) is 0 Å². The van der Waals surface area contributed by atoms with Crippen LogP contribution in [0.5, 0.6) is 0 Å². The van der Waals surface area contributed by atoms with Gasteiger partial charge in [0, 0.05) is 19.6 Å². The molecule has 1 unspecified atom stereocenters. The third kappa shape index (κ3) is 4.20. The first-order valence-corrected chi connectivity index (χ1v) is 10.0. The largest absolute Gasteiger partial charge is 0.489 e. The molecule has 1 aromatic heterocycles. The van der Waals surface area contributed by atoms with E-state index in [1.54, 1.807) is 24.3 Å². The van der Waals surface area contributed by atoms with Crippen molar-refractivity contribution in [2.75, 3.05) is 13.1 Å². The van der Waals surface area contributed by atoms with Gasteiger partial charge in [0.15, 0.2) is 6.23 Å². The summed E-state index contributed by atoms with van der Waals surface area (Å²) in [6.45, 7) is 2.12. The van der Waals surface area contributed by atoms with Crippen molar-refractivity contribution in [3.05, 3.63) is 71.4 Å². The first kappa shape index (κ1) is 20.0. The molecule has 1 aliphatic heterocycles. The first-order chi connectivity index (χ1) is 14.1. The summed E-state index contributed by atoms with van der Waals surface area (Å²) < 4.78 is 0. The van der Waals surface area contributed by atoms with Crippen molar-refractivity contribution in [2.24, 2.45) is 5.73 Å². The molecule has 1 atom stereocenters. The van der Waals surface area contributed by atoms with Crippen LogP contribution in [0, 0.1) is 0 Å². The first-order valence-electron chi connectivity index (χ1n) is 10.0. The summed E-state index contributed by atoms with van der Waals surface area (Å²) in [5, 5.41) is 30.6. The van der Waals surface area contributed by atoms with Gasteiger partial charge in [0.2, 0.25) is 0 Å². The lowest BCUT2D eigenvalue weighted by molar-refractivity contribution is -0.0159. The molecule has 1 saturated heterocycles. The quantitative estimate of drug-likeness (QED) is 0.488. The van der Waals surface area contributed by atoms with Gasteiger partial charge in [-0.25, -0.2) is 4.98 Å². The Balaban J connectivity index is 1.47. The summed E-state index contributed by atoms with van der Waals surface area (Å²) in [4.78, 5) is 6.61. The predicted molar refractivity (Wildman–Crippen MR) is 114 cm³/mol. The maximum atomic E-state index is 10.9. The number of piperidine rings is 1. The van der Waals surface area contributed by atoms with Crippen molar-refractivity contribution >= 4 is 23.5 Å². The van der Waals surface area contributed by atoms with Crippen molar-refractivity contribution in [1.29, 1.82) is 0 Å². The summed E-state index contributed by atoms with van der Waals surface area (Å²) in [7, 11) is -1.55. The molecule has 4 rings (SSSR count). The van der Waals surface area contributed by atoms with Gasteiger partial charge in [-0.3, -0.25) is 4.90 Å². The van der Waals surface area contributed by atoms with Gasteiger partial charge in [-0.1, -0.05) is 42.5 Å². The molecule has 1 fully saturated rings. The summed E-state index contributed by atoms with van der Waals surface area (Å²) >= 11 is 0. The Labute approximate surface area is 170 Å². The van der Waals surface area contributed by atoms with Gasteiger partial charge in [0.05, 0.1) is 11.2 Å². The van der Waals surface area contributed by atoms with Crippen LogP contribution >= 0.6 is 0 Å². The van der Waals surface area contributed by atoms with E-state index in [-0.39, 0.29) is 0 Å². The van der Waals surface area contributed by atoms with E-state index in [4.69, 9.17) is 5.73 Å². The Morgan fingerprint density at radius 3 is 2.55 bits per heavy atom. The zero-order valence-corrected chi connectivity index (χ0v) is 16.3. The third-order valence-corrected chi connectivity index (χ3v) is 5.86. The lowest BCUT2D eigenvalue weighted by Gasteiger charge is -2.35. The lowest BCUT2D eigenvalue weighted by Crippen LogP contribution is -2.36.